The van der Waals surface area contributed by atoms with Crippen LogP contribution in [0.15, 0.2) is 41.1 Å². The van der Waals surface area contributed by atoms with Gasteiger partial charge in [0.1, 0.15) is 18.6 Å². The van der Waals surface area contributed by atoms with Crippen molar-refractivity contribution < 1.29 is 23.2 Å². The molecule has 7 nitrogen and oxygen atoms in total. The van der Waals surface area contributed by atoms with Crippen molar-refractivity contribution in [3.05, 3.63) is 48.0 Å². The third kappa shape index (κ3) is 4.62. The van der Waals surface area contributed by atoms with Crippen LogP contribution in [0.2, 0.25) is 0 Å². The SMILES string of the molecule is COCCN(CC(=O)Nc1ccon1)C(=O)c1ccccc1F. The molecule has 0 bridgehead atoms. The average molecular weight is 321 g/mol. The molecule has 0 unspecified atom stereocenters. The minimum Gasteiger partial charge on any atom is -0.383 e. The van der Waals surface area contributed by atoms with Gasteiger partial charge in [0, 0.05) is 19.7 Å². The zero-order chi connectivity index (χ0) is 16.7. The van der Waals surface area contributed by atoms with Crippen molar-refractivity contribution in [2.45, 2.75) is 0 Å². The van der Waals surface area contributed by atoms with Crippen molar-refractivity contribution in [2.75, 3.05) is 32.1 Å². The fourth-order valence-corrected chi connectivity index (χ4v) is 1.89. The van der Waals surface area contributed by atoms with Crippen LogP contribution < -0.4 is 5.32 Å². The number of ether oxygens (including phenoxy) is 1. The van der Waals surface area contributed by atoms with Gasteiger partial charge in [0.2, 0.25) is 5.91 Å². The first-order chi connectivity index (χ1) is 11.1. The number of amides is 2. The molecule has 1 heterocycles. The lowest BCUT2D eigenvalue weighted by atomic mass is 10.2. The van der Waals surface area contributed by atoms with E-state index < -0.39 is 17.6 Å². The van der Waals surface area contributed by atoms with Gasteiger partial charge in [-0.25, -0.2) is 4.39 Å². The summed E-state index contributed by atoms with van der Waals surface area (Å²) in [5, 5.41) is 6.03. The molecule has 0 aliphatic carbocycles. The maximum atomic E-state index is 13.8. The summed E-state index contributed by atoms with van der Waals surface area (Å²) in [7, 11) is 1.47. The van der Waals surface area contributed by atoms with Gasteiger partial charge in [0.25, 0.3) is 5.91 Å². The van der Waals surface area contributed by atoms with Crippen LogP contribution in [-0.2, 0) is 9.53 Å². The van der Waals surface area contributed by atoms with Crippen LogP contribution >= 0.6 is 0 Å². The molecule has 0 radical (unpaired) electrons. The normalized spacial score (nSPS) is 10.3. The Bertz CT molecular complexity index is 661. The Labute approximate surface area is 132 Å². The number of carbonyl (C=O) groups excluding carboxylic acids is 2. The molecular weight excluding hydrogens is 305 g/mol. The first kappa shape index (κ1) is 16.6. The Morgan fingerprint density at radius 3 is 2.78 bits per heavy atom. The van der Waals surface area contributed by atoms with Crippen molar-refractivity contribution >= 4 is 17.6 Å². The van der Waals surface area contributed by atoms with Gasteiger partial charge in [0.15, 0.2) is 5.82 Å². The molecule has 23 heavy (non-hydrogen) atoms. The first-order valence-corrected chi connectivity index (χ1v) is 6.85. The summed E-state index contributed by atoms with van der Waals surface area (Å²) in [4.78, 5) is 25.6. The quantitative estimate of drug-likeness (QED) is 0.836. The van der Waals surface area contributed by atoms with E-state index in [0.717, 1.165) is 0 Å². The topological polar surface area (TPSA) is 84.7 Å². The highest BCUT2D eigenvalue weighted by molar-refractivity contribution is 5.99. The van der Waals surface area contributed by atoms with E-state index in [1.165, 1.54) is 42.5 Å². The van der Waals surface area contributed by atoms with Gasteiger partial charge >= 0.3 is 0 Å². The standard InChI is InChI=1S/C15H16FN3O4/c1-22-9-7-19(10-14(20)17-13-6-8-23-18-13)15(21)11-4-2-3-5-12(11)16/h2-6,8H,7,9-10H2,1H3,(H,17,18,20). The average Bonchev–Trinajstić information content (AvgIpc) is 3.04. The molecular formula is C15H16FN3O4. The molecule has 2 amide bonds. The molecule has 0 saturated carbocycles. The monoisotopic (exact) mass is 321 g/mol. The number of methoxy groups -OCH3 is 1. The van der Waals surface area contributed by atoms with Gasteiger partial charge < -0.3 is 19.5 Å². The molecule has 2 aromatic rings. The third-order valence-corrected chi connectivity index (χ3v) is 3.00. The van der Waals surface area contributed by atoms with Crippen LogP contribution in [0.4, 0.5) is 10.2 Å². The van der Waals surface area contributed by atoms with E-state index in [0.29, 0.717) is 0 Å². The lowest BCUT2D eigenvalue weighted by molar-refractivity contribution is -0.117. The fraction of sp³-hybridized carbons (Fsp3) is 0.267. The molecule has 0 atom stereocenters. The van der Waals surface area contributed by atoms with Crippen LogP contribution in [0, 0.1) is 5.82 Å². The number of rotatable bonds is 7. The van der Waals surface area contributed by atoms with Gasteiger partial charge in [-0.15, -0.1) is 0 Å². The summed E-state index contributed by atoms with van der Waals surface area (Å²) in [6.45, 7) is 0.108. The highest BCUT2D eigenvalue weighted by Gasteiger charge is 2.21. The third-order valence-electron chi connectivity index (χ3n) is 3.00. The summed E-state index contributed by atoms with van der Waals surface area (Å²) >= 11 is 0. The van der Waals surface area contributed by atoms with E-state index in [4.69, 9.17) is 4.74 Å². The van der Waals surface area contributed by atoms with Gasteiger partial charge in [-0.2, -0.15) is 0 Å². The van der Waals surface area contributed by atoms with Crippen molar-refractivity contribution in [3.8, 4) is 0 Å². The lowest BCUT2D eigenvalue weighted by Gasteiger charge is -2.21. The number of anilines is 1. The zero-order valence-electron chi connectivity index (χ0n) is 12.5. The second-order valence-electron chi connectivity index (χ2n) is 4.63. The van der Waals surface area contributed by atoms with Gasteiger partial charge in [-0.3, -0.25) is 9.59 Å². The summed E-state index contributed by atoms with van der Waals surface area (Å²) in [6, 6.07) is 7.07. The molecule has 0 spiro atoms. The summed E-state index contributed by atoms with van der Waals surface area (Å²) in [5.74, 6) is -1.47. The van der Waals surface area contributed by atoms with Crippen molar-refractivity contribution in [3.63, 3.8) is 0 Å². The number of nitrogens with zero attached hydrogens (tertiary/aromatic N) is 2. The smallest absolute Gasteiger partial charge is 0.257 e. The van der Waals surface area contributed by atoms with E-state index in [1.807, 2.05) is 0 Å². The number of carbonyl (C=O) groups is 2. The van der Waals surface area contributed by atoms with E-state index in [9.17, 15) is 14.0 Å². The predicted octanol–water partition coefficient (Wildman–Crippen LogP) is 1.54. The van der Waals surface area contributed by atoms with Crippen LogP contribution in [-0.4, -0.2) is 48.7 Å². The van der Waals surface area contributed by atoms with Crippen molar-refractivity contribution in [1.29, 1.82) is 0 Å². The Morgan fingerprint density at radius 1 is 1.35 bits per heavy atom. The minimum absolute atomic E-state index is 0.0992. The molecule has 122 valence electrons. The first-order valence-electron chi connectivity index (χ1n) is 6.85. The van der Waals surface area contributed by atoms with Gasteiger partial charge in [-0.1, -0.05) is 17.3 Å². The van der Waals surface area contributed by atoms with E-state index in [2.05, 4.69) is 15.0 Å². The highest BCUT2D eigenvalue weighted by Crippen LogP contribution is 2.10. The maximum Gasteiger partial charge on any atom is 0.257 e. The number of hydrogen-bond acceptors (Lipinski definition) is 5. The number of halogens is 1. The van der Waals surface area contributed by atoms with Crippen LogP contribution in [0.1, 0.15) is 10.4 Å². The lowest BCUT2D eigenvalue weighted by Crippen LogP contribution is -2.40. The Kier molecular flexibility index (Phi) is 5.81. The van der Waals surface area contributed by atoms with E-state index in [-0.39, 0.29) is 31.1 Å². The van der Waals surface area contributed by atoms with Crippen molar-refractivity contribution in [1.82, 2.24) is 10.1 Å². The molecule has 8 heteroatoms. The zero-order valence-corrected chi connectivity index (χ0v) is 12.5. The van der Waals surface area contributed by atoms with Crippen LogP contribution in [0.5, 0.6) is 0 Å². The van der Waals surface area contributed by atoms with Crippen LogP contribution in [0.3, 0.4) is 0 Å². The number of nitrogens with one attached hydrogen (secondary N) is 1. The van der Waals surface area contributed by atoms with Crippen LogP contribution in [0.25, 0.3) is 0 Å². The van der Waals surface area contributed by atoms with Gasteiger partial charge in [0.05, 0.1) is 12.2 Å². The number of hydrogen-bond donors (Lipinski definition) is 1. The molecule has 1 aromatic heterocycles. The van der Waals surface area contributed by atoms with E-state index >= 15 is 0 Å². The number of benzene rings is 1. The Hall–Kier alpha value is -2.74. The second-order valence-corrected chi connectivity index (χ2v) is 4.63. The fourth-order valence-electron chi connectivity index (χ4n) is 1.89. The molecule has 0 aliphatic rings. The second kappa shape index (κ2) is 8.04. The minimum atomic E-state index is -0.642. The highest BCUT2D eigenvalue weighted by atomic mass is 19.1. The molecule has 0 fully saturated rings. The molecule has 2 rings (SSSR count). The molecule has 1 N–H and O–H groups in total. The molecule has 0 aliphatic heterocycles. The Morgan fingerprint density at radius 2 is 2.13 bits per heavy atom. The summed E-state index contributed by atoms with van der Waals surface area (Å²) in [6.07, 6.45) is 1.31. The van der Waals surface area contributed by atoms with Gasteiger partial charge in [-0.05, 0) is 12.1 Å². The van der Waals surface area contributed by atoms with E-state index in [1.54, 1.807) is 6.07 Å². The Balaban J connectivity index is 2.08. The van der Waals surface area contributed by atoms with Crippen molar-refractivity contribution in [2.24, 2.45) is 0 Å². The largest absolute Gasteiger partial charge is 0.383 e. The summed E-state index contributed by atoms with van der Waals surface area (Å²) < 4.78 is 23.3. The summed E-state index contributed by atoms with van der Waals surface area (Å²) in [5.41, 5.74) is -0.0992. The molecule has 1 aromatic carbocycles. The predicted molar refractivity (Wildman–Crippen MR) is 79.3 cm³/mol. The molecule has 0 saturated heterocycles. The maximum absolute atomic E-state index is 13.8. The number of aromatic nitrogens is 1.